The zero-order chi connectivity index (χ0) is 14.0. The number of carboxylic acids is 1. The van der Waals surface area contributed by atoms with Gasteiger partial charge in [0.1, 0.15) is 0 Å². The molecule has 19 heavy (non-hydrogen) atoms. The lowest BCUT2D eigenvalue weighted by molar-refractivity contribution is -0.131. The van der Waals surface area contributed by atoms with E-state index in [9.17, 15) is 4.79 Å². The summed E-state index contributed by atoms with van der Waals surface area (Å²) in [6.07, 6.45) is 2.81. The highest BCUT2D eigenvalue weighted by Gasteiger charge is 2.26. The molecule has 0 radical (unpaired) electrons. The molecule has 102 valence electrons. The molecule has 2 unspecified atom stereocenters. The fourth-order valence-corrected chi connectivity index (χ4v) is 2.63. The van der Waals surface area contributed by atoms with Gasteiger partial charge in [-0.3, -0.25) is 0 Å². The summed E-state index contributed by atoms with van der Waals surface area (Å²) in [6, 6.07) is 6.12. The van der Waals surface area contributed by atoms with E-state index in [4.69, 9.17) is 5.11 Å². The molecule has 0 aromatic heterocycles. The average molecular weight is 259 g/mol. The molecule has 0 aliphatic carbocycles. The molecule has 1 N–H and O–H groups in total. The van der Waals surface area contributed by atoms with Gasteiger partial charge in [0.05, 0.1) is 0 Å². The molecule has 0 spiro atoms. The number of rotatable bonds is 3. The van der Waals surface area contributed by atoms with Gasteiger partial charge in [-0.1, -0.05) is 19.9 Å². The van der Waals surface area contributed by atoms with Gasteiger partial charge in [-0.2, -0.15) is 0 Å². The van der Waals surface area contributed by atoms with Crippen LogP contribution in [0, 0.1) is 18.8 Å². The molecule has 1 aliphatic heterocycles. The Bertz CT molecular complexity index is 497. The van der Waals surface area contributed by atoms with Crippen molar-refractivity contribution in [3.8, 4) is 0 Å². The van der Waals surface area contributed by atoms with Gasteiger partial charge in [-0.05, 0) is 48.1 Å². The number of carbonyl (C=O) groups is 1. The first kappa shape index (κ1) is 13.7. The highest BCUT2D eigenvalue weighted by Crippen LogP contribution is 2.30. The molecule has 2 rings (SSSR count). The van der Waals surface area contributed by atoms with Gasteiger partial charge in [0.15, 0.2) is 0 Å². The van der Waals surface area contributed by atoms with Gasteiger partial charge in [0, 0.05) is 24.9 Å². The lowest BCUT2D eigenvalue weighted by Gasteiger charge is -2.21. The highest BCUT2D eigenvalue weighted by atomic mass is 16.4. The second-order valence-electron chi connectivity index (χ2n) is 5.58. The molecule has 1 aliphatic rings. The molecular formula is C16H21NO2. The maximum absolute atomic E-state index is 10.5. The monoisotopic (exact) mass is 259 g/mol. The fourth-order valence-electron chi connectivity index (χ4n) is 2.63. The van der Waals surface area contributed by atoms with E-state index in [1.807, 2.05) is 12.1 Å². The van der Waals surface area contributed by atoms with Crippen LogP contribution >= 0.6 is 0 Å². The van der Waals surface area contributed by atoms with Crippen molar-refractivity contribution in [2.24, 2.45) is 11.8 Å². The maximum atomic E-state index is 10.5. The number of carboxylic acid groups (broad SMARTS) is 1. The van der Waals surface area contributed by atoms with Crippen molar-refractivity contribution in [1.82, 2.24) is 0 Å². The highest BCUT2D eigenvalue weighted by molar-refractivity contribution is 5.85. The van der Waals surface area contributed by atoms with Crippen LogP contribution < -0.4 is 4.90 Å². The van der Waals surface area contributed by atoms with Gasteiger partial charge >= 0.3 is 5.97 Å². The largest absolute Gasteiger partial charge is 0.478 e. The Balaban J connectivity index is 2.18. The molecule has 0 saturated carbocycles. The lowest BCUT2D eigenvalue weighted by Crippen LogP contribution is -2.20. The standard InChI is InChI=1S/C16H21NO2/c1-11-8-14(5-7-16(18)19)4-6-15(11)17-9-12(2)13(3)10-17/h4-8,12-13H,9-10H2,1-3H3,(H,18,19). The predicted molar refractivity (Wildman–Crippen MR) is 78.4 cm³/mol. The number of hydrogen-bond donors (Lipinski definition) is 1. The van der Waals surface area contributed by atoms with Crippen LogP contribution in [0.1, 0.15) is 25.0 Å². The maximum Gasteiger partial charge on any atom is 0.328 e. The number of nitrogens with zero attached hydrogens (tertiary/aromatic N) is 1. The third-order valence-corrected chi connectivity index (χ3v) is 3.97. The van der Waals surface area contributed by atoms with Crippen LogP contribution in [-0.4, -0.2) is 24.2 Å². The normalized spacial score (nSPS) is 23.2. The third-order valence-electron chi connectivity index (χ3n) is 3.97. The quantitative estimate of drug-likeness (QED) is 0.847. The third kappa shape index (κ3) is 3.16. The second-order valence-corrected chi connectivity index (χ2v) is 5.58. The van der Waals surface area contributed by atoms with Crippen molar-refractivity contribution in [3.63, 3.8) is 0 Å². The summed E-state index contributed by atoms with van der Waals surface area (Å²) >= 11 is 0. The molecule has 3 nitrogen and oxygen atoms in total. The first-order valence-corrected chi connectivity index (χ1v) is 6.74. The van der Waals surface area contributed by atoms with E-state index in [1.54, 1.807) is 6.08 Å². The average Bonchev–Trinajstić information content (AvgIpc) is 2.67. The van der Waals surface area contributed by atoms with Crippen molar-refractivity contribution in [2.45, 2.75) is 20.8 Å². The van der Waals surface area contributed by atoms with E-state index >= 15 is 0 Å². The van der Waals surface area contributed by atoms with Crippen molar-refractivity contribution in [3.05, 3.63) is 35.4 Å². The Morgan fingerprint density at radius 2 is 1.95 bits per heavy atom. The number of aryl methyl sites for hydroxylation is 1. The minimum Gasteiger partial charge on any atom is -0.478 e. The van der Waals surface area contributed by atoms with Crippen LogP contribution in [-0.2, 0) is 4.79 Å². The van der Waals surface area contributed by atoms with Crippen molar-refractivity contribution >= 4 is 17.7 Å². The number of benzene rings is 1. The van der Waals surface area contributed by atoms with Crippen LogP contribution in [0.5, 0.6) is 0 Å². The molecule has 1 heterocycles. The topological polar surface area (TPSA) is 40.5 Å². The Hall–Kier alpha value is -1.77. The number of hydrogen-bond acceptors (Lipinski definition) is 2. The Morgan fingerprint density at radius 3 is 2.47 bits per heavy atom. The van der Waals surface area contributed by atoms with Crippen molar-refractivity contribution < 1.29 is 9.90 Å². The Morgan fingerprint density at radius 1 is 1.32 bits per heavy atom. The summed E-state index contributed by atoms with van der Waals surface area (Å²) in [4.78, 5) is 12.9. The molecule has 0 amide bonds. The Labute approximate surface area is 114 Å². The van der Waals surface area contributed by atoms with Crippen molar-refractivity contribution in [2.75, 3.05) is 18.0 Å². The SMILES string of the molecule is Cc1cc(C=CC(=O)O)ccc1N1CC(C)C(C)C1. The second kappa shape index (κ2) is 5.47. The minimum atomic E-state index is -0.913. The van der Waals surface area contributed by atoms with Crippen LogP contribution in [0.2, 0.25) is 0 Å². The van der Waals surface area contributed by atoms with Crippen molar-refractivity contribution in [1.29, 1.82) is 0 Å². The summed E-state index contributed by atoms with van der Waals surface area (Å²) in [5.74, 6) is 0.542. The first-order chi connectivity index (χ1) is 8.97. The summed E-state index contributed by atoms with van der Waals surface area (Å²) < 4.78 is 0. The number of aliphatic carboxylic acids is 1. The predicted octanol–water partition coefficient (Wildman–Crippen LogP) is 3.19. The Kier molecular flexibility index (Phi) is 3.93. The fraction of sp³-hybridized carbons (Fsp3) is 0.438. The summed E-state index contributed by atoms with van der Waals surface area (Å²) in [7, 11) is 0. The molecular weight excluding hydrogens is 238 g/mol. The molecule has 1 aromatic rings. The molecule has 1 saturated heterocycles. The van der Waals surface area contributed by atoms with E-state index in [0.717, 1.165) is 30.5 Å². The molecule has 1 aromatic carbocycles. The minimum absolute atomic E-state index is 0.728. The summed E-state index contributed by atoms with van der Waals surface area (Å²) in [6.45, 7) is 8.88. The van der Waals surface area contributed by atoms with E-state index in [2.05, 4.69) is 31.7 Å². The van der Waals surface area contributed by atoms with Crippen LogP contribution in [0.25, 0.3) is 6.08 Å². The van der Waals surface area contributed by atoms with Gasteiger partial charge in [0.2, 0.25) is 0 Å². The van der Waals surface area contributed by atoms with Gasteiger partial charge in [-0.25, -0.2) is 4.79 Å². The smallest absolute Gasteiger partial charge is 0.328 e. The van der Waals surface area contributed by atoms with Gasteiger partial charge in [-0.15, -0.1) is 0 Å². The number of anilines is 1. The van der Waals surface area contributed by atoms with Gasteiger partial charge < -0.3 is 10.0 Å². The van der Waals surface area contributed by atoms with E-state index < -0.39 is 5.97 Å². The van der Waals surface area contributed by atoms with E-state index in [-0.39, 0.29) is 0 Å². The summed E-state index contributed by atoms with van der Waals surface area (Å²) in [5.41, 5.74) is 3.40. The lowest BCUT2D eigenvalue weighted by atomic mass is 10.0. The van der Waals surface area contributed by atoms with Gasteiger partial charge in [0.25, 0.3) is 0 Å². The molecule has 2 atom stereocenters. The molecule has 0 bridgehead atoms. The van der Waals surface area contributed by atoms with Crippen LogP contribution in [0.15, 0.2) is 24.3 Å². The van der Waals surface area contributed by atoms with E-state index in [1.165, 1.54) is 17.3 Å². The zero-order valence-electron chi connectivity index (χ0n) is 11.8. The molecule has 3 heteroatoms. The first-order valence-electron chi connectivity index (χ1n) is 6.74. The summed E-state index contributed by atoms with van der Waals surface area (Å²) in [5, 5.41) is 8.63. The zero-order valence-corrected chi connectivity index (χ0v) is 11.8. The molecule has 1 fully saturated rings. The van der Waals surface area contributed by atoms with Crippen LogP contribution in [0.4, 0.5) is 5.69 Å². The van der Waals surface area contributed by atoms with Crippen LogP contribution in [0.3, 0.4) is 0 Å². The van der Waals surface area contributed by atoms with E-state index in [0.29, 0.717) is 0 Å².